The molecule has 0 aliphatic heterocycles. The van der Waals surface area contributed by atoms with Crippen LogP contribution in [-0.2, 0) is 13.5 Å². The number of carbonyl (C=O) groups excluding carboxylic acids is 1. The van der Waals surface area contributed by atoms with Crippen LogP contribution >= 0.6 is 0 Å². The molecule has 6 nitrogen and oxygen atoms in total. The number of nitrogens with zero attached hydrogens (tertiary/aromatic N) is 2. The van der Waals surface area contributed by atoms with Gasteiger partial charge in [0.25, 0.3) is 5.91 Å². The molecule has 0 saturated heterocycles. The molecule has 20 heavy (non-hydrogen) atoms. The van der Waals surface area contributed by atoms with Crippen molar-refractivity contribution in [3.63, 3.8) is 0 Å². The number of hydrogen-bond donors (Lipinski definition) is 2. The van der Waals surface area contributed by atoms with Gasteiger partial charge in [-0.1, -0.05) is 6.92 Å². The van der Waals surface area contributed by atoms with Crippen LogP contribution in [-0.4, -0.2) is 26.8 Å². The van der Waals surface area contributed by atoms with Crippen molar-refractivity contribution in [1.29, 1.82) is 0 Å². The predicted octanol–water partition coefficient (Wildman–Crippen LogP) is 1.93. The highest BCUT2D eigenvalue weighted by Gasteiger charge is 2.12. The molecule has 2 rings (SSSR count). The van der Waals surface area contributed by atoms with E-state index in [1.165, 1.54) is 24.3 Å². The Morgan fingerprint density at radius 2 is 1.85 bits per heavy atom. The average molecular weight is 273 g/mol. The Balaban J connectivity index is 2.17. The second-order valence-corrected chi connectivity index (χ2v) is 4.35. The van der Waals surface area contributed by atoms with Gasteiger partial charge in [0.1, 0.15) is 0 Å². The minimum Gasteiger partial charge on any atom is -0.478 e. The molecule has 2 aromatic rings. The number of amides is 1. The molecule has 0 aliphatic rings. The average Bonchev–Trinajstić information content (AvgIpc) is 2.78. The van der Waals surface area contributed by atoms with Crippen LogP contribution in [0.25, 0.3) is 0 Å². The monoisotopic (exact) mass is 273 g/mol. The van der Waals surface area contributed by atoms with Gasteiger partial charge in [-0.05, 0) is 30.7 Å². The van der Waals surface area contributed by atoms with Gasteiger partial charge < -0.3 is 10.4 Å². The van der Waals surface area contributed by atoms with E-state index in [9.17, 15) is 9.59 Å². The minimum absolute atomic E-state index is 0.150. The Kier molecular flexibility index (Phi) is 3.84. The lowest BCUT2D eigenvalue weighted by Crippen LogP contribution is -2.12. The predicted molar refractivity (Wildman–Crippen MR) is 73.9 cm³/mol. The number of aromatic carboxylic acids is 1. The van der Waals surface area contributed by atoms with Gasteiger partial charge in [-0.25, -0.2) is 4.79 Å². The van der Waals surface area contributed by atoms with Crippen LogP contribution in [0, 0.1) is 0 Å². The van der Waals surface area contributed by atoms with E-state index in [0.717, 1.165) is 5.69 Å². The molecule has 1 aromatic heterocycles. The molecule has 1 amide bonds. The van der Waals surface area contributed by atoms with Crippen molar-refractivity contribution in [3.8, 4) is 0 Å². The zero-order valence-electron chi connectivity index (χ0n) is 11.3. The van der Waals surface area contributed by atoms with Gasteiger partial charge >= 0.3 is 5.97 Å². The number of anilines is 1. The second-order valence-electron chi connectivity index (χ2n) is 4.35. The summed E-state index contributed by atoms with van der Waals surface area (Å²) in [5.41, 5.74) is 2.03. The summed E-state index contributed by atoms with van der Waals surface area (Å²) in [4.78, 5) is 22.8. The Morgan fingerprint density at radius 3 is 2.40 bits per heavy atom. The number of rotatable bonds is 4. The molecule has 1 aromatic carbocycles. The maximum absolute atomic E-state index is 12.1. The number of aromatic nitrogens is 2. The summed E-state index contributed by atoms with van der Waals surface area (Å²) in [6.45, 7) is 1.96. The van der Waals surface area contributed by atoms with Gasteiger partial charge in [0.15, 0.2) is 0 Å². The largest absolute Gasteiger partial charge is 0.478 e. The molecule has 0 fully saturated rings. The Hall–Kier alpha value is -2.63. The van der Waals surface area contributed by atoms with E-state index in [4.69, 9.17) is 5.11 Å². The summed E-state index contributed by atoms with van der Waals surface area (Å²) >= 11 is 0. The summed E-state index contributed by atoms with van der Waals surface area (Å²) in [5.74, 6) is -1.30. The molecule has 6 heteroatoms. The smallest absolute Gasteiger partial charge is 0.335 e. The molecule has 104 valence electrons. The van der Waals surface area contributed by atoms with Crippen molar-refractivity contribution >= 4 is 17.6 Å². The first-order chi connectivity index (χ1) is 9.51. The number of carboxylic acid groups (broad SMARTS) is 1. The minimum atomic E-state index is -1.02. The van der Waals surface area contributed by atoms with Crippen molar-refractivity contribution in [1.82, 2.24) is 9.78 Å². The summed E-state index contributed by atoms with van der Waals surface area (Å²) in [6.07, 6.45) is 2.46. The molecule has 2 N–H and O–H groups in total. The van der Waals surface area contributed by atoms with Crippen LogP contribution in [0.1, 0.15) is 33.3 Å². The fourth-order valence-electron chi connectivity index (χ4n) is 1.86. The fourth-order valence-corrected chi connectivity index (χ4v) is 1.86. The molecule has 0 unspecified atom stereocenters. The summed E-state index contributed by atoms with van der Waals surface area (Å²) in [5, 5.41) is 15.8. The zero-order valence-corrected chi connectivity index (χ0v) is 11.3. The van der Waals surface area contributed by atoms with Crippen molar-refractivity contribution < 1.29 is 14.7 Å². The molecule has 0 aliphatic carbocycles. The summed E-state index contributed by atoms with van der Waals surface area (Å²) < 4.78 is 1.64. The molecule has 0 atom stereocenters. The highest BCUT2D eigenvalue weighted by molar-refractivity contribution is 6.05. The lowest BCUT2D eigenvalue weighted by molar-refractivity contribution is 0.0696. The summed E-state index contributed by atoms with van der Waals surface area (Å²) in [7, 11) is 1.79. The van der Waals surface area contributed by atoms with Crippen LogP contribution in [0.15, 0.2) is 30.5 Å². The lowest BCUT2D eigenvalue weighted by Gasteiger charge is -2.04. The quantitative estimate of drug-likeness (QED) is 0.891. The normalized spacial score (nSPS) is 10.3. The van der Waals surface area contributed by atoms with Gasteiger partial charge in [-0.2, -0.15) is 5.10 Å². The van der Waals surface area contributed by atoms with Gasteiger partial charge in [-0.15, -0.1) is 0 Å². The SMILES string of the molecule is CCc1nn(C)cc1NC(=O)c1ccc(C(=O)O)cc1. The number of carboxylic acids is 1. The number of carbonyl (C=O) groups is 2. The van der Waals surface area contributed by atoms with E-state index in [1.54, 1.807) is 17.9 Å². The first kappa shape index (κ1) is 13.8. The van der Waals surface area contributed by atoms with E-state index < -0.39 is 5.97 Å². The summed E-state index contributed by atoms with van der Waals surface area (Å²) in [6, 6.07) is 5.78. The second kappa shape index (κ2) is 5.56. The molecular weight excluding hydrogens is 258 g/mol. The standard InChI is InChI=1S/C14H15N3O3/c1-3-11-12(8-17(2)16-11)15-13(18)9-4-6-10(7-5-9)14(19)20/h4-8H,3H2,1-2H3,(H,15,18)(H,19,20). The van der Waals surface area contributed by atoms with E-state index in [0.29, 0.717) is 17.7 Å². The van der Waals surface area contributed by atoms with Gasteiger partial charge in [0.2, 0.25) is 0 Å². The Morgan fingerprint density at radius 1 is 1.25 bits per heavy atom. The number of nitrogens with one attached hydrogen (secondary N) is 1. The van der Waals surface area contributed by atoms with Gasteiger partial charge in [0, 0.05) is 18.8 Å². The van der Waals surface area contributed by atoms with E-state index in [2.05, 4.69) is 10.4 Å². The first-order valence-corrected chi connectivity index (χ1v) is 6.18. The van der Waals surface area contributed by atoms with Gasteiger partial charge in [-0.3, -0.25) is 9.48 Å². The van der Waals surface area contributed by atoms with E-state index in [1.807, 2.05) is 6.92 Å². The molecule has 1 heterocycles. The van der Waals surface area contributed by atoms with Crippen LogP contribution in [0.3, 0.4) is 0 Å². The first-order valence-electron chi connectivity index (χ1n) is 6.18. The molecule has 0 radical (unpaired) electrons. The Bertz CT molecular complexity index is 644. The van der Waals surface area contributed by atoms with E-state index >= 15 is 0 Å². The fraction of sp³-hybridized carbons (Fsp3) is 0.214. The third kappa shape index (κ3) is 2.85. The van der Waals surface area contributed by atoms with Crippen LogP contribution in [0.2, 0.25) is 0 Å². The lowest BCUT2D eigenvalue weighted by atomic mass is 10.1. The maximum atomic E-state index is 12.1. The van der Waals surface area contributed by atoms with Crippen molar-refractivity contribution in [3.05, 3.63) is 47.3 Å². The Labute approximate surface area is 116 Å². The topological polar surface area (TPSA) is 84.2 Å². The molecule has 0 saturated carbocycles. The number of aryl methyl sites for hydroxylation is 2. The van der Waals surface area contributed by atoms with Gasteiger partial charge in [0.05, 0.1) is 16.9 Å². The number of hydrogen-bond acceptors (Lipinski definition) is 3. The third-order valence-corrected chi connectivity index (χ3v) is 2.88. The van der Waals surface area contributed by atoms with Crippen molar-refractivity contribution in [2.45, 2.75) is 13.3 Å². The van der Waals surface area contributed by atoms with Crippen LogP contribution < -0.4 is 5.32 Å². The molecular formula is C14H15N3O3. The number of benzene rings is 1. The van der Waals surface area contributed by atoms with Crippen molar-refractivity contribution in [2.75, 3.05) is 5.32 Å². The van der Waals surface area contributed by atoms with Crippen LogP contribution in [0.5, 0.6) is 0 Å². The zero-order chi connectivity index (χ0) is 14.7. The van der Waals surface area contributed by atoms with E-state index in [-0.39, 0.29) is 11.5 Å². The molecule has 0 bridgehead atoms. The highest BCUT2D eigenvalue weighted by atomic mass is 16.4. The highest BCUT2D eigenvalue weighted by Crippen LogP contribution is 2.15. The molecule has 0 spiro atoms. The maximum Gasteiger partial charge on any atom is 0.335 e. The van der Waals surface area contributed by atoms with Crippen molar-refractivity contribution in [2.24, 2.45) is 7.05 Å². The van der Waals surface area contributed by atoms with Crippen LogP contribution in [0.4, 0.5) is 5.69 Å². The third-order valence-electron chi connectivity index (χ3n) is 2.88.